The molecule has 1 N–H and O–H groups in total. The Balaban J connectivity index is 1.38. The smallest absolute Gasteiger partial charge is 0.224 e. The molecule has 0 aromatic heterocycles. The Morgan fingerprint density at radius 1 is 0.821 bits per heavy atom. The SMILES string of the molecule is O=C(CCC(=O)c1ccc2ccccc2c1)Nc1ccccc1N1CCCC1. The first kappa shape index (κ1) is 18.2. The Morgan fingerprint density at radius 3 is 2.36 bits per heavy atom. The second-order valence-electron chi connectivity index (χ2n) is 7.24. The summed E-state index contributed by atoms with van der Waals surface area (Å²) in [6.45, 7) is 2.04. The molecule has 28 heavy (non-hydrogen) atoms. The lowest BCUT2D eigenvalue weighted by atomic mass is 10.0. The van der Waals surface area contributed by atoms with Crippen molar-refractivity contribution >= 4 is 33.8 Å². The third-order valence-corrected chi connectivity index (χ3v) is 5.28. The van der Waals surface area contributed by atoms with Gasteiger partial charge in [-0.2, -0.15) is 0 Å². The lowest BCUT2D eigenvalue weighted by molar-refractivity contribution is -0.116. The standard InChI is InChI=1S/C24H24N2O2/c27-23(20-12-11-18-7-1-2-8-19(18)17-20)13-14-24(28)25-21-9-3-4-10-22(21)26-15-5-6-16-26/h1-4,7-12,17H,5-6,13-16H2,(H,25,28). The molecule has 1 amide bonds. The number of anilines is 2. The molecule has 1 fully saturated rings. The van der Waals surface area contributed by atoms with Crippen LogP contribution in [0, 0.1) is 0 Å². The average Bonchev–Trinajstić information content (AvgIpc) is 3.27. The van der Waals surface area contributed by atoms with Gasteiger partial charge in [-0.05, 0) is 41.8 Å². The van der Waals surface area contributed by atoms with Crippen LogP contribution in [0.2, 0.25) is 0 Å². The van der Waals surface area contributed by atoms with Crippen molar-refractivity contribution in [2.75, 3.05) is 23.3 Å². The molecule has 3 aromatic carbocycles. The van der Waals surface area contributed by atoms with Gasteiger partial charge in [0.1, 0.15) is 0 Å². The maximum atomic E-state index is 12.5. The van der Waals surface area contributed by atoms with Crippen LogP contribution in [0.25, 0.3) is 10.8 Å². The Morgan fingerprint density at radius 2 is 1.54 bits per heavy atom. The zero-order valence-electron chi connectivity index (χ0n) is 15.9. The molecular formula is C24H24N2O2. The molecule has 0 aliphatic carbocycles. The highest BCUT2D eigenvalue weighted by molar-refractivity contribution is 6.03. The van der Waals surface area contributed by atoms with Crippen LogP contribution in [0.15, 0.2) is 66.7 Å². The molecule has 0 radical (unpaired) electrons. The number of rotatable bonds is 6. The summed E-state index contributed by atoms with van der Waals surface area (Å²) in [4.78, 5) is 27.3. The molecular weight excluding hydrogens is 348 g/mol. The quantitative estimate of drug-likeness (QED) is 0.617. The maximum absolute atomic E-state index is 12.5. The molecule has 142 valence electrons. The number of ketones is 1. The van der Waals surface area contributed by atoms with Crippen LogP contribution >= 0.6 is 0 Å². The van der Waals surface area contributed by atoms with E-state index >= 15 is 0 Å². The van der Waals surface area contributed by atoms with E-state index < -0.39 is 0 Å². The molecule has 0 atom stereocenters. The minimum absolute atomic E-state index is 0.00580. The summed E-state index contributed by atoms with van der Waals surface area (Å²) in [5.41, 5.74) is 2.55. The number of hydrogen-bond acceptors (Lipinski definition) is 3. The molecule has 4 nitrogen and oxygen atoms in total. The Labute approximate surface area is 165 Å². The van der Waals surface area contributed by atoms with Crippen molar-refractivity contribution in [1.29, 1.82) is 0 Å². The van der Waals surface area contributed by atoms with Gasteiger partial charge in [0.25, 0.3) is 0 Å². The summed E-state index contributed by atoms with van der Waals surface area (Å²) < 4.78 is 0. The van der Waals surface area contributed by atoms with E-state index in [0.29, 0.717) is 5.56 Å². The average molecular weight is 372 g/mol. The summed E-state index contributed by atoms with van der Waals surface area (Å²) in [5.74, 6) is -0.130. The minimum Gasteiger partial charge on any atom is -0.370 e. The molecule has 1 aliphatic heterocycles. The molecule has 0 spiro atoms. The van der Waals surface area contributed by atoms with Crippen LogP contribution in [-0.2, 0) is 4.79 Å². The zero-order valence-corrected chi connectivity index (χ0v) is 15.9. The van der Waals surface area contributed by atoms with Gasteiger partial charge < -0.3 is 10.2 Å². The topological polar surface area (TPSA) is 49.4 Å². The molecule has 1 saturated heterocycles. The number of hydrogen-bond donors (Lipinski definition) is 1. The number of carbonyl (C=O) groups is 2. The van der Waals surface area contributed by atoms with Crippen LogP contribution < -0.4 is 10.2 Å². The number of benzene rings is 3. The third-order valence-electron chi connectivity index (χ3n) is 5.28. The van der Waals surface area contributed by atoms with Crippen molar-refractivity contribution in [3.05, 3.63) is 72.3 Å². The number of para-hydroxylation sites is 2. The largest absolute Gasteiger partial charge is 0.370 e. The Hall–Kier alpha value is -3.14. The van der Waals surface area contributed by atoms with E-state index in [4.69, 9.17) is 0 Å². The third kappa shape index (κ3) is 4.06. The van der Waals surface area contributed by atoms with E-state index in [1.807, 2.05) is 66.7 Å². The summed E-state index contributed by atoms with van der Waals surface area (Å²) >= 11 is 0. The van der Waals surface area contributed by atoms with Crippen LogP contribution in [0.5, 0.6) is 0 Å². The first-order valence-corrected chi connectivity index (χ1v) is 9.86. The summed E-state index contributed by atoms with van der Waals surface area (Å²) in [6, 6.07) is 21.5. The van der Waals surface area contributed by atoms with Crippen molar-refractivity contribution in [2.24, 2.45) is 0 Å². The predicted molar refractivity (Wildman–Crippen MR) is 114 cm³/mol. The monoisotopic (exact) mass is 372 g/mol. The number of nitrogens with zero attached hydrogens (tertiary/aromatic N) is 1. The van der Waals surface area contributed by atoms with Gasteiger partial charge in [0.15, 0.2) is 5.78 Å². The van der Waals surface area contributed by atoms with Crippen LogP contribution in [0.1, 0.15) is 36.0 Å². The number of carbonyl (C=O) groups excluding carboxylic acids is 2. The maximum Gasteiger partial charge on any atom is 0.224 e. The molecule has 0 saturated carbocycles. The van der Waals surface area contributed by atoms with E-state index in [1.165, 1.54) is 12.8 Å². The Bertz CT molecular complexity index is 1010. The van der Waals surface area contributed by atoms with Gasteiger partial charge in [-0.25, -0.2) is 0 Å². The highest BCUT2D eigenvalue weighted by Gasteiger charge is 2.17. The molecule has 4 heteroatoms. The second kappa shape index (κ2) is 8.26. The fourth-order valence-corrected chi connectivity index (χ4v) is 3.76. The highest BCUT2D eigenvalue weighted by atomic mass is 16.2. The van der Waals surface area contributed by atoms with Crippen LogP contribution in [-0.4, -0.2) is 24.8 Å². The van der Waals surface area contributed by atoms with Crippen LogP contribution in [0.4, 0.5) is 11.4 Å². The molecule has 3 aromatic rings. The number of fused-ring (bicyclic) bond motifs is 1. The molecule has 1 aliphatic rings. The van der Waals surface area contributed by atoms with E-state index in [2.05, 4.69) is 10.2 Å². The predicted octanol–water partition coefficient (Wildman–Crippen LogP) is 5.04. The fraction of sp³-hybridized carbons (Fsp3) is 0.250. The van der Waals surface area contributed by atoms with Crippen molar-refractivity contribution < 1.29 is 9.59 Å². The number of nitrogens with one attached hydrogen (secondary N) is 1. The van der Waals surface area contributed by atoms with Gasteiger partial charge in [0, 0.05) is 31.5 Å². The highest BCUT2D eigenvalue weighted by Crippen LogP contribution is 2.28. The van der Waals surface area contributed by atoms with Crippen molar-refractivity contribution in [3.8, 4) is 0 Å². The first-order chi connectivity index (χ1) is 13.7. The molecule has 0 bridgehead atoms. The van der Waals surface area contributed by atoms with Gasteiger partial charge >= 0.3 is 0 Å². The van der Waals surface area contributed by atoms with Gasteiger partial charge in [-0.1, -0.05) is 48.5 Å². The molecule has 4 rings (SSSR count). The lowest BCUT2D eigenvalue weighted by Crippen LogP contribution is -2.21. The normalized spacial score (nSPS) is 13.6. The van der Waals surface area contributed by atoms with Crippen LogP contribution in [0.3, 0.4) is 0 Å². The number of Topliss-reactive ketones (excluding diaryl/α,β-unsaturated/α-hetero) is 1. The van der Waals surface area contributed by atoms with Gasteiger partial charge in [0.2, 0.25) is 5.91 Å². The number of amides is 1. The van der Waals surface area contributed by atoms with E-state index in [-0.39, 0.29) is 24.5 Å². The van der Waals surface area contributed by atoms with Crippen molar-refractivity contribution in [3.63, 3.8) is 0 Å². The minimum atomic E-state index is -0.124. The first-order valence-electron chi connectivity index (χ1n) is 9.86. The van der Waals surface area contributed by atoms with Crippen molar-refractivity contribution in [1.82, 2.24) is 0 Å². The van der Waals surface area contributed by atoms with E-state index in [1.54, 1.807) is 0 Å². The zero-order chi connectivity index (χ0) is 19.3. The van der Waals surface area contributed by atoms with Gasteiger partial charge in [-0.15, -0.1) is 0 Å². The lowest BCUT2D eigenvalue weighted by Gasteiger charge is -2.21. The van der Waals surface area contributed by atoms with E-state index in [9.17, 15) is 9.59 Å². The van der Waals surface area contributed by atoms with Gasteiger partial charge in [0.05, 0.1) is 11.4 Å². The summed E-state index contributed by atoms with van der Waals surface area (Å²) in [6.07, 6.45) is 2.75. The summed E-state index contributed by atoms with van der Waals surface area (Å²) in [5, 5.41) is 5.14. The molecule has 0 unspecified atom stereocenters. The van der Waals surface area contributed by atoms with Crippen molar-refractivity contribution in [2.45, 2.75) is 25.7 Å². The van der Waals surface area contributed by atoms with E-state index in [0.717, 1.165) is 35.2 Å². The van der Waals surface area contributed by atoms with Gasteiger partial charge in [-0.3, -0.25) is 9.59 Å². The second-order valence-corrected chi connectivity index (χ2v) is 7.24. The molecule has 1 heterocycles. The summed E-state index contributed by atoms with van der Waals surface area (Å²) in [7, 11) is 0. The Kier molecular flexibility index (Phi) is 5.38. The fourth-order valence-electron chi connectivity index (χ4n) is 3.76.